The monoisotopic (exact) mass is 404 g/mol. The van der Waals surface area contributed by atoms with Crippen LogP contribution in [0.2, 0.25) is 0 Å². The van der Waals surface area contributed by atoms with E-state index in [1.165, 1.54) is 0 Å². The zero-order chi connectivity index (χ0) is 21.3. The van der Waals surface area contributed by atoms with Crippen molar-refractivity contribution in [3.8, 4) is 5.75 Å². The van der Waals surface area contributed by atoms with E-state index in [2.05, 4.69) is 10.6 Å². The number of hydrogen-bond acceptors (Lipinski definition) is 5. The number of carbonyl (C=O) groups excluding carboxylic acids is 2. The maximum absolute atomic E-state index is 12.7. The van der Waals surface area contributed by atoms with E-state index in [9.17, 15) is 9.59 Å². The van der Waals surface area contributed by atoms with E-state index >= 15 is 0 Å². The molecule has 1 amide bonds. The van der Waals surface area contributed by atoms with Gasteiger partial charge in [-0.05, 0) is 48.9 Å². The first-order valence-electron chi connectivity index (χ1n) is 9.59. The molecule has 0 radical (unpaired) electrons. The molecule has 30 heavy (non-hydrogen) atoms. The number of hydrogen-bond donors (Lipinski definition) is 2. The number of rotatable bonds is 8. The van der Waals surface area contributed by atoms with Crippen molar-refractivity contribution < 1.29 is 19.1 Å². The lowest BCUT2D eigenvalue weighted by molar-refractivity contribution is -0.129. The van der Waals surface area contributed by atoms with Gasteiger partial charge in [0.15, 0.2) is 6.10 Å². The van der Waals surface area contributed by atoms with Gasteiger partial charge in [-0.1, -0.05) is 42.5 Å². The molecule has 0 fully saturated rings. The molecule has 6 nitrogen and oxygen atoms in total. The Hall–Kier alpha value is -3.80. The maximum Gasteiger partial charge on any atom is 0.341 e. The Labute approximate surface area is 175 Å². The van der Waals surface area contributed by atoms with Crippen LogP contribution in [0.15, 0.2) is 78.9 Å². The second kappa shape index (κ2) is 10.1. The number of methoxy groups -OCH3 is 1. The zero-order valence-corrected chi connectivity index (χ0v) is 16.9. The fourth-order valence-corrected chi connectivity index (χ4v) is 2.80. The number of amides is 1. The van der Waals surface area contributed by atoms with Crippen LogP contribution in [-0.4, -0.2) is 25.1 Å². The number of carbonyl (C=O) groups is 2. The molecule has 0 aromatic heterocycles. The minimum atomic E-state index is -0.930. The summed E-state index contributed by atoms with van der Waals surface area (Å²) in [7, 11) is 1.60. The normalized spacial score (nSPS) is 11.3. The third kappa shape index (κ3) is 5.61. The van der Waals surface area contributed by atoms with Gasteiger partial charge >= 0.3 is 5.97 Å². The molecule has 2 N–H and O–H groups in total. The Morgan fingerprint density at radius 2 is 1.57 bits per heavy atom. The molecule has 0 aliphatic rings. The lowest BCUT2D eigenvalue weighted by atomic mass is 10.1. The van der Waals surface area contributed by atoms with Crippen molar-refractivity contribution in [2.45, 2.75) is 19.6 Å². The molecule has 0 saturated heterocycles. The number of esters is 1. The van der Waals surface area contributed by atoms with E-state index in [1.807, 2.05) is 60.7 Å². The lowest BCUT2D eigenvalue weighted by Crippen LogP contribution is -2.35. The summed E-state index contributed by atoms with van der Waals surface area (Å²) in [4.78, 5) is 25.0. The summed E-state index contributed by atoms with van der Waals surface area (Å²) >= 11 is 0. The fraction of sp³-hybridized carbons (Fsp3) is 0.167. The summed E-state index contributed by atoms with van der Waals surface area (Å²) in [6.07, 6.45) is -0.930. The quantitative estimate of drug-likeness (QED) is 0.548. The predicted octanol–water partition coefficient (Wildman–Crippen LogP) is 4.30. The lowest BCUT2D eigenvalue weighted by Gasteiger charge is -2.16. The van der Waals surface area contributed by atoms with Gasteiger partial charge in [-0.3, -0.25) is 4.79 Å². The van der Waals surface area contributed by atoms with Gasteiger partial charge in [0.2, 0.25) is 0 Å². The van der Waals surface area contributed by atoms with Crippen molar-refractivity contribution in [3.63, 3.8) is 0 Å². The van der Waals surface area contributed by atoms with Crippen molar-refractivity contribution >= 4 is 23.3 Å². The first-order chi connectivity index (χ1) is 14.6. The third-order valence-electron chi connectivity index (χ3n) is 4.48. The van der Waals surface area contributed by atoms with Gasteiger partial charge < -0.3 is 20.1 Å². The molecule has 3 aromatic carbocycles. The fourth-order valence-electron chi connectivity index (χ4n) is 2.80. The zero-order valence-electron chi connectivity index (χ0n) is 16.9. The van der Waals surface area contributed by atoms with Gasteiger partial charge in [0.1, 0.15) is 5.75 Å². The van der Waals surface area contributed by atoms with E-state index in [0.29, 0.717) is 17.8 Å². The number of para-hydroxylation sites is 2. The largest absolute Gasteiger partial charge is 0.497 e. The SMILES string of the molecule is COc1ccc(CNC(=O)[C@@H](C)OC(=O)c2ccccc2Nc2ccccc2)cc1. The predicted molar refractivity (Wildman–Crippen MR) is 116 cm³/mol. The van der Waals surface area contributed by atoms with Crippen molar-refractivity contribution in [3.05, 3.63) is 90.0 Å². The Morgan fingerprint density at radius 1 is 0.900 bits per heavy atom. The van der Waals surface area contributed by atoms with Crippen molar-refractivity contribution in [1.29, 1.82) is 0 Å². The van der Waals surface area contributed by atoms with Crippen molar-refractivity contribution in [2.24, 2.45) is 0 Å². The van der Waals surface area contributed by atoms with Crippen LogP contribution in [0.3, 0.4) is 0 Å². The van der Waals surface area contributed by atoms with Crippen molar-refractivity contribution in [2.75, 3.05) is 12.4 Å². The first-order valence-corrected chi connectivity index (χ1v) is 9.59. The van der Waals surface area contributed by atoms with Gasteiger partial charge in [-0.15, -0.1) is 0 Å². The van der Waals surface area contributed by atoms with Crippen LogP contribution < -0.4 is 15.4 Å². The molecule has 0 heterocycles. The summed E-state index contributed by atoms with van der Waals surface area (Å²) < 4.78 is 10.5. The van der Waals surface area contributed by atoms with Crippen LogP contribution in [-0.2, 0) is 16.1 Å². The molecule has 0 bridgehead atoms. The summed E-state index contributed by atoms with van der Waals surface area (Å²) in [5.41, 5.74) is 2.74. The van der Waals surface area contributed by atoms with Gasteiger partial charge in [-0.2, -0.15) is 0 Å². The van der Waals surface area contributed by atoms with Crippen LogP contribution in [0, 0.1) is 0 Å². The van der Waals surface area contributed by atoms with E-state index in [1.54, 1.807) is 32.2 Å². The number of nitrogens with one attached hydrogen (secondary N) is 2. The molecular formula is C24H24N2O4. The van der Waals surface area contributed by atoms with Gasteiger partial charge in [0.25, 0.3) is 5.91 Å². The average Bonchev–Trinajstić information content (AvgIpc) is 2.78. The second-order valence-corrected chi connectivity index (χ2v) is 6.65. The molecule has 0 aliphatic carbocycles. The number of anilines is 2. The first kappa shape index (κ1) is 20.9. The molecular weight excluding hydrogens is 380 g/mol. The second-order valence-electron chi connectivity index (χ2n) is 6.65. The van der Waals surface area contributed by atoms with Gasteiger partial charge in [0, 0.05) is 12.2 Å². The smallest absolute Gasteiger partial charge is 0.341 e. The van der Waals surface area contributed by atoms with E-state index in [0.717, 1.165) is 17.0 Å². The molecule has 0 aliphatic heterocycles. The number of ether oxygens (including phenoxy) is 2. The standard InChI is InChI=1S/C24H24N2O4/c1-17(23(27)25-16-18-12-14-20(29-2)15-13-18)30-24(28)21-10-6-7-11-22(21)26-19-8-4-3-5-9-19/h3-15,17,26H,16H2,1-2H3,(H,25,27)/t17-/m1/s1. The third-order valence-corrected chi connectivity index (χ3v) is 4.48. The highest BCUT2D eigenvalue weighted by molar-refractivity contribution is 5.98. The minimum absolute atomic E-state index is 0.330. The van der Waals surface area contributed by atoms with Gasteiger partial charge in [0.05, 0.1) is 18.4 Å². The maximum atomic E-state index is 12.7. The Kier molecular flexibility index (Phi) is 7.05. The highest BCUT2D eigenvalue weighted by Crippen LogP contribution is 2.22. The summed E-state index contributed by atoms with van der Waals surface area (Å²) in [5, 5.41) is 5.98. The van der Waals surface area contributed by atoms with E-state index < -0.39 is 12.1 Å². The highest BCUT2D eigenvalue weighted by Gasteiger charge is 2.20. The highest BCUT2D eigenvalue weighted by atomic mass is 16.5. The summed E-state index contributed by atoms with van der Waals surface area (Å²) in [5.74, 6) is -0.191. The molecule has 0 spiro atoms. The minimum Gasteiger partial charge on any atom is -0.497 e. The average molecular weight is 404 g/mol. The van der Waals surface area contributed by atoms with Crippen LogP contribution in [0.5, 0.6) is 5.75 Å². The van der Waals surface area contributed by atoms with Crippen LogP contribution >= 0.6 is 0 Å². The van der Waals surface area contributed by atoms with Gasteiger partial charge in [-0.25, -0.2) is 4.79 Å². The molecule has 3 aromatic rings. The van der Waals surface area contributed by atoms with Crippen LogP contribution in [0.1, 0.15) is 22.8 Å². The Balaban J connectivity index is 1.59. The molecule has 3 rings (SSSR count). The Morgan fingerprint density at radius 3 is 2.27 bits per heavy atom. The van der Waals surface area contributed by atoms with E-state index in [4.69, 9.17) is 9.47 Å². The topological polar surface area (TPSA) is 76.7 Å². The summed E-state index contributed by atoms with van der Waals surface area (Å²) in [6.45, 7) is 1.88. The molecule has 1 atom stereocenters. The van der Waals surface area contributed by atoms with Crippen LogP contribution in [0.4, 0.5) is 11.4 Å². The molecule has 154 valence electrons. The molecule has 6 heteroatoms. The van der Waals surface area contributed by atoms with Crippen molar-refractivity contribution in [1.82, 2.24) is 5.32 Å². The Bertz CT molecular complexity index is 988. The van der Waals surface area contributed by atoms with Crippen LogP contribution in [0.25, 0.3) is 0 Å². The van der Waals surface area contributed by atoms with E-state index in [-0.39, 0.29) is 5.91 Å². The number of benzene rings is 3. The molecule has 0 saturated carbocycles. The summed E-state index contributed by atoms with van der Waals surface area (Å²) in [6, 6.07) is 23.9. The molecule has 0 unspecified atom stereocenters.